The highest BCUT2D eigenvalue weighted by Crippen LogP contribution is 2.41. The van der Waals surface area contributed by atoms with Crippen LogP contribution in [0.2, 0.25) is 0 Å². The van der Waals surface area contributed by atoms with Crippen LogP contribution in [0.3, 0.4) is 0 Å². The van der Waals surface area contributed by atoms with E-state index in [4.69, 9.17) is 18.9 Å². The number of hydrogen-bond donors (Lipinski definition) is 0. The van der Waals surface area contributed by atoms with E-state index in [9.17, 15) is 4.79 Å². The molecular weight excluding hydrogens is 384 g/mol. The number of carbonyl (C=O) groups is 1. The van der Waals surface area contributed by atoms with E-state index in [0.29, 0.717) is 18.3 Å². The molecule has 1 amide bonds. The van der Waals surface area contributed by atoms with Gasteiger partial charge in [0.2, 0.25) is 0 Å². The number of aromatic nitrogens is 1. The lowest BCUT2D eigenvalue weighted by Gasteiger charge is -2.55. The second kappa shape index (κ2) is 11.1. The molecule has 1 aliphatic heterocycles. The van der Waals surface area contributed by atoms with Gasteiger partial charge in [-0.2, -0.15) is 0 Å². The SMILES string of the molecule is COCO[C@]1(Cc2cc(O[C@H](C)CC(C)C)ccn2)C(=O)N(COC)[C@H]1CC(C)C. The molecule has 3 atom stereocenters. The normalized spacial score (nSPS) is 22.5. The number of amides is 1. The predicted octanol–water partition coefficient (Wildman–Crippen LogP) is 3.66. The quantitative estimate of drug-likeness (QED) is 0.357. The average molecular weight is 423 g/mol. The smallest absolute Gasteiger partial charge is 0.259 e. The maximum absolute atomic E-state index is 13.2. The van der Waals surface area contributed by atoms with E-state index in [1.807, 2.05) is 12.1 Å². The number of nitrogens with zero attached hydrogens (tertiary/aromatic N) is 2. The third-order valence-corrected chi connectivity index (χ3v) is 5.31. The van der Waals surface area contributed by atoms with Crippen molar-refractivity contribution in [3.05, 3.63) is 24.0 Å². The van der Waals surface area contributed by atoms with E-state index in [0.717, 1.165) is 24.3 Å². The molecule has 170 valence electrons. The first-order chi connectivity index (χ1) is 14.2. The fourth-order valence-corrected chi connectivity index (χ4v) is 4.17. The Balaban J connectivity index is 2.25. The van der Waals surface area contributed by atoms with Crippen molar-refractivity contribution in [2.45, 2.75) is 71.6 Å². The fraction of sp³-hybridized carbons (Fsp3) is 0.739. The van der Waals surface area contributed by atoms with Gasteiger partial charge in [0, 0.05) is 38.6 Å². The molecular formula is C23H38N2O5. The van der Waals surface area contributed by atoms with Gasteiger partial charge in [-0.15, -0.1) is 0 Å². The number of pyridine rings is 1. The van der Waals surface area contributed by atoms with E-state index in [1.165, 1.54) is 0 Å². The van der Waals surface area contributed by atoms with Crippen LogP contribution in [0, 0.1) is 11.8 Å². The number of likely N-dealkylation sites (tertiary alicyclic amines) is 1. The third kappa shape index (κ3) is 5.93. The van der Waals surface area contributed by atoms with Crippen molar-refractivity contribution in [1.29, 1.82) is 0 Å². The number of methoxy groups -OCH3 is 2. The van der Waals surface area contributed by atoms with E-state index >= 15 is 0 Å². The van der Waals surface area contributed by atoms with Gasteiger partial charge < -0.3 is 23.8 Å². The number of carbonyl (C=O) groups excluding carboxylic acids is 1. The summed E-state index contributed by atoms with van der Waals surface area (Å²) in [5.41, 5.74) is -0.243. The van der Waals surface area contributed by atoms with Gasteiger partial charge in [-0.25, -0.2) is 0 Å². The van der Waals surface area contributed by atoms with Gasteiger partial charge in [-0.1, -0.05) is 27.7 Å². The topological polar surface area (TPSA) is 70.1 Å². The van der Waals surface area contributed by atoms with E-state index in [1.54, 1.807) is 25.3 Å². The molecule has 2 rings (SSSR count). The van der Waals surface area contributed by atoms with Gasteiger partial charge in [0.15, 0.2) is 5.60 Å². The van der Waals surface area contributed by atoms with E-state index < -0.39 is 5.60 Å². The van der Waals surface area contributed by atoms with Crippen LogP contribution in [0.5, 0.6) is 5.75 Å². The highest BCUT2D eigenvalue weighted by molar-refractivity contribution is 5.93. The summed E-state index contributed by atoms with van der Waals surface area (Å²) in [5, 5.41) is 0. The molecule has 1 saturated heterocycles. The Morgan fingerprint density at radius 2 is 1.87 bits per heavy atom. The highest BCUT2D eigenvalue weighted by Gasteiger charge is 2.62. The fourth-order valence-electron chi connectivity index (χ4n) is 4.17. The standard InChI is InChI=1S/C23H38N2O5/c1-16(2)10-18(5)30-20-8-9-24-19(12-20)13-23(29-15-28-7)21(11-17(3)4)25(14-27-6)22(23)26/h8-9,12,16-18,21H,10-11,13-15H2,1-7H3/t18-,21+,23+/m1/s1. The minimum atomic E-state index is -1.01. The summed E-state index contributed by atoms with van der Waals surface area (Å²) in [6, 6.07) is 3.66. The molecule has 7 nitrogen and oxygen atoms in total. The Bertz CT molecular complexity index is 681. The highest BCUT2D eigenvalue weighted by atomic mass is 16.7. The summed E-state index contributed by atoms with van der Waals surface area (Å²) in [7, 11) is 3.15. The summed E-state index contributed by atoms with van der Waals surface area (Å²) in [5.74, 6) is 1.62. The van der Waals surface area contributed by atoms with Gasteiger partial charge >= 0.3 is 0 Å². The van der Waals surface area contributed by atoms with Crippen LogP contribution >= 0.6 is 0 Å². The predicted molar refractivity (Wildman–Crippen MR) is 115 cm³/mol. The van der Waals surface area contributed by atoms with Crippen LogP contribution in [0.4, 0.5) is 0 Å². The number of rotatable bonds is 13. The summed E-state index contributed by atoms with van der Waals surface area (Å²) in [4.78, 5) is 19.4. The number of ether oxygens (including phenoxy) is 4. The lowest BCUT2D eigenvalue weighted by Crippen LogP contribution is -2.76. The van der Waals surface area contributed by atoms with Gasteiger partial charge in [-0.05, 0) is 37.7 Å². The molecule has 1 fully saturated rings. The van der Waals surface area contributed by atoms with Gasteiger partial charge in [0.25, 0.3) is 5.91 Å². The zero-order valence-corrected chi connectivity index (χ0v) is 19.5. The maximum Gasteiger partial charge on any atom is 0.259 e. The molecule has 0 aromatic carbocycles. The van der Waals surface area contributed by atoms with Crippen LogP contribution < -0.4 is 4.74 Å². The van der Waals surface area contributed by atoms with Crippen LogP contribution in [0.15, 0.2) is 18.3 Å². The Morgan fingerprint density at radius 3 is 2.47 bits per heavy atom. The van der Waals surface area contributed by atoms with Crippen molar-refractivity contribution in [1.82, 2.24) is 9.88 Å². The Labute approximate surface area is 181 Å². The molecule has 0 spiro atoms. The Hall–Kier alpha value is -1.70. The minimum absolute atomic E-state index is 0.0444. The summed E-state index contributed by atoms with van der Waals surface area (Å²) in [6.07, 6.45) is 3.97. The average Bonchev–Trinajstić information content (AvgIpc) is 2.67. The first kappa shape index (κ1) is 24.6. The summed E-state index contributed by atoms with van der Waals surface area (Å²) < 4.78 is 22.5. The van der Waals surface area contributed by atoms with Gasteiger partial charge in [-0.3, -0.25) is 9.78 Å². The molecule has 1 aromatic rings. The molecule has 0 aliphatic carbocycles. The molecule has 0 unspecified atom stereocenters. The number of hydrogen-bond acceptors (Lipinski definition) is 6. The lowest BCUT2D eigenvalue weighted by molar-refractivity contribution is -0.235. The van der Waals surface area contributed by atoms with Crippen LogP contribution in [0.25, 0.3) is 0 Å². The Morgan fingerprint density at radius 1 is 1.13 bits per heavy atom. The van der Waals surface area contributed by atoms with E-state index in [-0.39, 0.29) is 31.6 Å². The summed E-state index contributed by atoms with van der Waals surface area (Å²) in [6.45, 7) is 11.0. The number of β-lactam (4-membered cyclic amide) rings is 1. The lowest BCUT2D eigenvalue weighted by atomic mass is 9.75. The van der Waals surface area contributed by atoms with Crippen molar-refractivity contribution in [2.75, 3.05) is 27.7 Å². The second-order valence-electron chi connectivity index (χ2n) is 9.00. The third-order valence-electron chi connectivity index (χ3n) is 5.31. The molecule has 0 bridgehead atoms. The van der Waals surface area contributed by atoms with E-state index in [2.05, 4.69) is 39.6 Å². The van der Waals surface area contributed by atoms with Gasteiger partial charge in [0.1, 0.15) is 19.3 Å². The molecule has 7 heteroatoms. The Kier molecular flexibility index (Phi) is 9.07. The minimum Gasteiger partial charge on any atom is -0.491 e. The van der Waals surface area contributed by atoms with Gasteiger partial charge in [0.05, 0.1) is 12.1 Å². The molecule has 0 radical (unpaired) electrons. The first-order valence-corrected chi connectivity index (χ1v) is 10.8. The molecule has 1 aromatic heterocycles. The van der Waals surface area contributed by atoms with Crippen LogP contribution in [-0.2, 0) is 25.4 Å². The van der Waals surface area contributed by atoms with Crippen molar-refractivity contribution in [2.24, 2.45) is 11.8 Å². The maximum atomic E-state index is 13.2. The summed E-state index contributed by atoms with van der Waals surface area (Å²) >= 11 is 0. The van der Waals surface area contributed by atoms with Crippen molar-refractivity contribution >= 4 is 5.91 Å². The molecule has 0 N–H and O–H groups in total. The molecule has 1 aliphatic rings. The zero-order chi connectivity index (χ0) is 22.3. The first-order valence-electron chi connectivity index (χ1n) is 10.8. The largest absolute Gasteiger partial charge is 0.491 e. The van der Waals surface area contributed by atoms with Crippen molar-refractivity contribution < 1.29 is 23.7 Å². The second-order valence-corrected chi connectivity index (χ2v) is 9.00. The van der Waals surface area contributed by atoms with Crippen molar-refractivity contribution in [3.63, 3.8) is 0 Å². The molecule has 30 heavy (non-hydrogen) atoms. The van der Waals surface area contributed by atoms with Crippen LogP contribution in [-0.4, -0.2) is 61.3 Å². The monoisotopic (exact) mass is 422 g/mol. The van der Waals surface area contributed by atoms with Crippen molar-refractivity contribution in [3.8, 4) is 5.75 Å². The molecule has 0 saturated carbocycles. The zero-order valence-electron chi connectivity index (χ0n) is 19.5. The molecule has 2 heterocycles. The van der Waals surface area contributed by atoms with Crippen LogP contribution in [0.1, 0.15) is 53.2 Å².